The molecule has 0 spiro atoms. The zero-order valence-electron chi connectivity index (χ0n) is 22.0. The van der Waals surface area contributed by atoms with Gasteiger partial charge < -0.3 is 33.3 Å². The number of hydrogen-bond acceptors (Lipinski definition) is 8. The normalized spacial score (nSPS) is 33.4. The maximum absolute atomic E-state index is 13.9. The molecule has 4 fully saturated rings. The van der Waals surface area contributed by atoms with Gasteiger partial charge in [0.2, 0.25) is 0 Å². The Hall–Kier alpha value is -3.02. The minimum atomic E-state index is -0.874. The molecule has 4 aliphatic heterocycles. The largest absolute Gasteiger partial charge is 0.497 e. The number of rotatable bonds is 5. The maximum atomic E-state index is 13.9. The van der Waals surface area contributed by atoms with E-state index < -0.39 is 54.4 Å². The van der Waals surface area contributed by atoms with Crippen LogP contribution < -0.4 is 9.64 Å². The number of anilines is 1. The van der Waals surface area contributed by atoms with E-state index >= 15 is 0 Å². The van der Waals surface area contributed by atoms with E-state index in [0.717, 1.165) is 0 Å². The van der Waals surface area contributed by atoms with Gasteiger partial charge in [-0.05, 0) is 57.5 Å². The number of carbonyl (C=O) groups excluding carboxylic acids is 2. The molecule has 6 atom stereocenters. The van der Waals surface area contributed by atoms with Crippen molar-refractivity contribution in [2.75, 3.05) is 18.6 Å². The molecule has 0 bridgehead atoms. The first-order valence-electron chi connectivity index (χ1n) is 12.8. The summed E-state index contributed by atoms with van der Waals surface area (Å²) in [5.41, 5.74) is 1.17. The van der Waals surface area contributed by atoms with E-state index in [1.807, 2.05) is 58.0 Å². The zero-order chi connectivity index (χ0) is 26.8. The second-order valence-corrected chi connectivity index (χ2v) is 10.8. The van der Waals surface area contributed by atoms with Crippen molar-refractivity contribution >= 4 is 17.6 Å². The molecule has 1 unspecified atom stereocenters. The van der Waals surface area contributed by atoms with Gasteiger partial charge in [0.05, 0.1) is 19.3 Å². The number of carbonyl (C=O) groups is 2. The summed E-state index contributed by atoms with van der Waals surface area (Å²) in [7, 11) is 1.56. The van der Waals surface area contributed by atoms with E-state index in [1.54, 1.807) is 36.3 Å². The first-order chi connectivity index (χ1) is 18.1. The molecular weight excluding hydrogens is 492 g/mol. The Kier molecular flexibility index (Phi) is 6.00. The first kappa shape index (κ1) is 25.3. The predicted octanol–water partition coefficient (Wildman–Crippen LogP) is 3.60. The van der Waals surface area contributed by atoms with Crippen molar-refractivity contribution in [3.05, 3.63) is 60.2 Å². The predicted molar refractivity (Wildman–Crippen MR) is 134 cm³/mol. The Labute approximate surface area is 221 Å². The minimum Gasteiger partial charge on any atom is -0.497 e. The second-order valence-electron chi connectivity index (χ2n) is 10.8. The molecule has 10 heteroatoms. The fraction of sp³-hybridized carbons (Fsp3) is 0.500. The third-order valence-corrected chi connectivity index (χ3v) is 7.28. The molecule has 0 saturated carbocycles. The Bertz CT molecular complexity index is 1220. The van der Waals surface area contributed by atoms with Crippen LogP contribution in [-0.2, 0) is 28.5 Å². The number of ether oxygens (including phenoxy) is 6. The summed E-state index contributed by atoms with van der Waals surface area (Å²) >= 11 is 0. The molecule has 4 saturated heterocycles. The van der Waals surface area contributed by atoms with Crippen molar-refractivity contribution in [1.29, 1.82) is 0 Å². The minimum absolute atomic E-state index is 0.0877. The van der Waals surface area contributed by atoms with Gasteiger partial charge in [-0.3, -0.25) is 4.79 Å². The van der Waals surface area contributed by atoms with Gasteiger partial charge in [0.25, 0.3) is 5.91 Å². The van der Waals surface area contributed by atoms with Gasteiger partial charge in [-0.25, -0.2) is 9.69 Å². The smallest absolute Gasteiger partial charge is 0.332 e. The summed E-state index contributed by atoms with van der Waals surface area (Å²) in [6.07, 6.45) is -2.80. The topological polar surface area (TPSA) is 96.0 Å². The summed E-state index contributed by atoms with van der Waals surface area (Å²) in [6.45, 7) is 7.40. The zero-order valence-corrected chi connectivity index (χ0v) is 22.0. The van der Waals surface area contributed by atoms with Crippen LogP contribution in [0.5, 0.6) is 5.75 Å². The Morgan fingerprint density at radius 1 is 0.816 bits per heavy atom. The Morgan fingerprint density at radius 3 is 2.13 bits per heavy atom. The van der Waals surface area contributed by atoms with Crippen LogP contribution in [0.1, 0.15) is 39.3 Å². The molecule has 0 N–H and O–H groups in total. The number of urea groups is 1. The third kappa shape index (κ3) is 4.26. The summed E-state index contributed by atoms with van der Waals surface area (Å²) in [5, 5.41) is 0. The third-order valence-electron chi connectivity index (χ3n) is 7.28. The highest BCUT2D eigenvalue weighted by atomic mass is 16.9. The van der Waals surface area contributed by atoms with Crippen molar-refractivity contribution < 1.29 is 38.0 Å². The highest BCUT2D eigenvalue weighted by molar-refractivity contribution is 6.21. The van der Waals surface area contributed by atoms with E-state index in [9.17, 15) is 9.59 Å². The van der Waals surface area contributed by atoms with Gasteiger partial charge in [0, 0.05) is 0 Å². The van der Waals surface area contributed by atoms with Crippen LogP contribution >= 0.6 is 0 Å². The molecular formula is C28H32N2O8. The van der Waals surface area contributed by atoms with Crippen LogP contribution in [0.4, 0.5) is 10.5 Å². The summed E-state index contributed by atoms with van der Waals surface area (Å²) < 4.78 is 36.2. The standard InChI is InChI=1S/C28H32N2O8/c1-27(2)35-21-19(34-25-23(22(21)36-27)37-28(3,4)38-25)15-29-20(16-9-7-6-8-10-16)24(31)30(26(29)32)17-11-13-18(33-5)14-12-17/h6-14,19-23,25H,15H2,1-5H3/t19-,20?,21+,22+,23-,25-/m1/s1. The number of amides is 3. The number of benzene rings is 2. The molecule has 2 aromatic carbocycles. The van der Waals surface area contributed by atoms with Crippen molar-refractivity contribution in [2.24, 2.45) is 0 Å². The van der Waals surface area contributed by atoms with E-state index in [2.05, 4.69) is 0 Å². The lowest BCUT2D eigenvalue weighted by atomic mass is 9.97. The molecule has 4 aliphatic rings. The highest BCUT2D eigenvalue weighted by Crippen LogP contribution is 2.45. The molecule has 4 heterocycles. The average Bonchev–Trinajstić information content (AvgIpc) is 3.46. The molecule has 0 aliphatic carbocycles. The SMILES string of the molecule is COc1ccc(N2C(=O)C(c3ccccc3)N(C[C@H]3O[C@@H]4OC(C)(C)O[C@@H]4[C@H]4OC(C)(C)O[C@H]43)C2=O)cc1. The number of fused-ring (bicyclic) bond motifs is 3. The van der Waals surface area contributed by atoms with Gasteiger partial charge in [0.15, 0.2) is 17.9 Å². The molecule has 6 rings (SSSR count). The van der Waals surface area contributed by atoms with E-state index in [4.69, 9.17) is 28.4 Å². The number of hydrogen-bond donors (Lipinski definition) is 0. The van der Waals surface area contributed by atoms with Crippen LogP contribution in [0.2, 0.25) is 0 Å². The lowest BCUT2D eigenvalue weighted by Gasteiger charge is -2.39. The van der Waals surface area contributed by atoms with E-state index in [0.29, 0.717) is 17.0 Å². The molecule has 0 radical (unpaired) electrons. The molecule has 0 aromatic heterocycles. The van der Waals surface area contributed by atoms with Crippen molar-refractivity contribution in [3.63, 3.8) is 0 Å². The second kappa shape index (κ2) is 9.03. The lowest BCUT2D eigenvalue weighted by Crippen LogP contribution is -2.58. The highest BCUT2D eigenvalue weighted by Gasteiger charge is 2.61. The van der Waals surface area contributed by atoms with Gasteiger partial charge in [-0.1, -0.05) is 30.3 Å². The van der Waals surface area contributed by atoms with Gasteiger partial charge in [-0.2, -0.15) is 0 Å². The quantitative estimate of drug-likeness (QED) is 0.548. The van der Waals surface area contributed by atoms with Crippen LogP contribution in [0.25, 0.3) is 0 Å². The Balaban J connectivity index is 1.34. The maximum Gasteiger partial charge on any atom is 0.332 e. The Morgan fingerprint density at radius 2 is 1.45 bits per heavy atom. The summed E-state index contributed by atoms with van der Waals surface area (Å²) in [5.74, 6) is -1.45. The van der Waals surface area contributed by atoms with Crippen LogP contribution in [-0.4, -0.2) is 72.8 Å². The monoisotopic (exact) mass is 524 g/mol. The fourth-order valence-corrected chi connectivity index (χ4v) is 5.73. The van der Waals surface area contributed by atoms with E-state index in [-0.39, 0.29) is 12.5 Å². The summed E-state index contributed by atoms with van der Waals surface area (Å²) in [6, 6.07) is 14.8. The molecule has 3 amide bonds. The summed E-state index contributed by atoms with van der Waals surface area (Å²) in [4.78, 5) is 30.5. The number of nitrogens with zero attached hydrogens (tertiary/aromatic N) is 2. The molecule has 38 heavy (non-hydrogen) atoms. The number of imide groups is 1. The molecule has 10 nitrogen and oxygen atoms in total. The van der Waals surface area contributed by atoms with Crippen LogP contribution in [0, 0.1) is 0 Å². The number of methoxy groups -OCH3 is 1. The fourth-order valence-electron chi connectivity index (χ4n) is 5.73. The van der Waals surface area contributed by atoms with E-state index in [1.165, 1.54) is 4.90 Å². The van der Waals surface area contributed by atoms with Crippen molar-refractivity contribution in [2.45, 2.75) is 76.0 Å². The van der Waals surface area contributed by atoms with Gasteiger partial charge >= 0.3 is 6.03 Å². The average molecular weight is 525 g/mol. The molecule has 2 aromatic rings. The van der Waals surface area contributed by atoms with Crippen molar-refractivity contribution in [3.8, 4) is 5.75 Å². The van der Waals surface area contributed by atoms with Crippen LogP contribution in [0.15, 0.2) is 54.6 Å². The lowest BCUT2D eigenvalue weighted by molar-refractivity contribution is -0.235. The first-order valence-corrected chi connectivity index (χ1v) is 12.8. The van der Waals surface area contributed by atoms with Gasteiger partial charge in [0.1, 0.15) is 36.2 Å². The van der Waals surface area contributed by atoms with Crippen molar-refractivity contribution in [1.82, 2.24) is 4.90 Å². The van der Waals surface area contributed by atoms with Crippen LogP contribution in [0.3, 0.4) is 0 Å². The molecule has 202 valence electrons. The van der Waals surface area contributed by atoms with Gasteiger partial charge in [-0.15, -0.1) is 0 Å².